The van der Waals surface area contributed by atoms with Crippen molar-refractivity contribution in [2.75, 3.05) is 26.7 Å². The van der Waals surface area contributed by atoms with Crippen molar-refractivity contribution in [3.05, 3.63) is 82.8 Å². The first-order chi connectivity index (χ1) is 15.6. The number of likely N-dealkylation sites (tertiary alicyclic amines) is 1. The smallest absolute Gasteiger partial charge is 0.251 e. The summed E-state index contributed by atoms with van der Waals surface area (Å²) >= 11 is 5.93. The molecule has 32 heavy (non-hydrogen) atoms. The molecule has 1 fully saturated rings. The van der Waals surface area contributed by atoms with Crippen LogP contribution in [-0.2, 0) is 6.61 Å². The van der Waals surface area contributed by atoms with E-state index in [-0.39, 0.29) is 11.9 Å². The van der Waals surface area contributed by atoms with Crippen LogP contribution in [0.15, 0.2) is 65.3 Å². The summed E-state index contributed by atoms with van der Waals surface area (Å²) in [6.45, 7) is 2.87. The van der Waals surface area contributed by atoms with Crippen LogP contribution in [0.25, 0.3) is 0 Å². The van der Waals surface area contributed by atoms with Crippen LogP contribution in [0.2, 0.25) is 5.02 Å². The summed E-state index contributed by atoms with van der Waals surface area (Å²) in [6, 6.07) is 16.5. The number of halogens is 1. The molecular formula is C25H27ClN2O4. The minimum Gasteiger partial charge on any atom is -0.493 e. The van der Waals surface area contributed by atoms with E-state index in [1.807, 2.05) is 36.4 Å². The fourth-order valence-electron chi connectivity index (χ4n) is 3.90. The van der Waals surface area contributed by atoms with Gasteiger partial charge in [-0.3, -0.25) is 9.69 Å². The number of nitrogens with zero attached hydrogens (tertiary/aromatic N) is 1. The van der Waals surface area contributed by atoms with Crippen molar-refractivity contribution in [3.63, 3.8) is 0 Å². The first kappa shape index (κ1) is 22.2. The summed E-state index contributed by atoms with van der Waals surface area (Å²) in [5, 5.41) is 3.73. The molecule has 2 aromatic carbocycles. The topological polar surface area (TPSA) is 63.9 Å². The minimum atomic E-state index is -0.164. The van der Waals surface area contributed by atoms with E-state index in [2.05, 4.69) is 10.2 Å². The lowest BCUT2D eigenvalue weighted by Gasteiger charge is -2.26. The van der Waals surface area contributed by atoms with Crippen molar-refractivity contribution in [1.82, 2.24) is 10.2 Å². The van der Waals surface area contributed by atoms with Crippen LogP contribution in [0.4, 0.5) is 0 Å². The summed E-state index contributed by atoms with van der Waals surface area (Å²) in [5.41, 5.74) is 1.50. The van der Waals surface area contributed by atoms with Gasteiger partial charge in [0.15, 0.2) is 11.5 Å². The average molecular weight is 455 g/mol. The zero-order chi connectivity index (χ0) is 22.3. The van der Waals surface area contributed by atoms with Gasteiger partial charge in [-0.2, -0.15) is 0 Å². The van der Waals surface area contributed by atoms with E-state index >= 15 is 0 Å². The number of hydrogen-bond donors (Lipinski definition) is 1. The first-order valence-corrected chi connectivity index (χ1v) is 11.1. The van der Waals surface area contributed by atoms with Gasteiger partial charge in [-0.15, -0.1) is 0 Å². The standard InChI is InChI=1S/C25H27ClN2O4/c1-30-24-15-19(8-11-23(24)32-17-18-6-9-20(26)10-7-18)25(29)27-16-21(22-5-4-14-31-22)28-12-2-3-13-28/h4-11,14-15,21H,2-3,12-13,16-17H2,1H3,(H,27,29)/t21-/m1/s1. The third-order valence-electron chi connectivity index (χ3n) is 5.64. The summed E-state index contributed by atoms with van der Waals surface area (Å²) in [6.07, 6.45) is 4.01. The highest BCUT2D eigenvalue weighted by Gasteiger charge is 2.26. The molecule has 6 nitrogen and oxygen atoms in total. The molecule has 168 valence electrons. The molecule has 3 aromatic rings. The maximum absolute atomic E-state index is 12.9. The zero-order valence-corrected chi connectivity index (χ0v) is 18.8. The highest BCUT2D eigenvalue weighted by molar-refractivity contribution is 6.30. The second-order valence-electron chi connectivity index (χ2n) is 7.77. The molecule has 1 saturated heterocycles. The van der Waals surface area contributed by atoms with E-state index in [1.165, 1.54) is 12.8 Å². The Bertz CT molecular complexity index is 1010. The molecule has 0 radical (unpaired) electrons. The molecule has 1 N–H and O–H groups in total. The normalized spacial score (nSPS) is 14.8. The molecule has 4 rings (SSSR count). The van der Waals surface area contributed by atoms with Crippen molar-refractivity contribution in [2.45, 2.75) is 25.5 Å². The molecule has 0 aliphatic carbocycles. The molecule has 0 spiro atoms. The van der Waals surface area contributed by atoms with Gasteiger partial charge in [0.25, 0.3) is 5.91 Å². The van der Waals surface area contributed by atoms with Crippen LogP contribution in [-0.4, -0.2) is 37.6 Å². The Hall–Kier alpha value is -2.96. The Morgan fingerprint density at radius 3 is 2.59 bits per heavy atom. The number of benzene rings is 2. The van der Waals surface area contributed by atoms with Gasteiger partial charge in [0.05, 0.1) is 19.4 Å². The number of furan rings is 1. The average Bonchev–Trinajstić information content (AvgIpc) is 3.54. The molecule has 0 unspecified atom stereocenters. The van der Waals surface area contributed by atoms with Crippen LogP contribution < -0.4 is 14.8 Å². The maximum Gasteiger partial charge on any atom is 0.251 e. The second kappa shape index (κ2) is 10.6. The quantitative estimate of drug-likeness (QED) is 0.488. The lowest BCUT2D eigenvalue weighted by atomic mass is 10.1. The first-order valence-electron chi connectivity index (χ1n) is 10.7. The van der Waals surface area contributed by atoms with E-state index < -0.39 is 0 Å². The largest absolute Gasteiger partial charge is 0.493 e. The summed E-state index contributed by atoms with van der Waals surface area (Å²) < 4.78 is 17.0. The Balaban J connectivity index is 1.40. The molecule has 1 atom stereocenters. The Morgan fingerprint density at radius 1 is 1.12 bits per heavy atom. The molecule has 7 heteroatoms. The molecule has 1 aliphatic heterocycles. The Labute approximate surface area is 193 Å². The van der Waals surface area contributed by atoms with Crippen LogP contribution in [0, 0.1) is 0 Å². The predicted molar refractivity (Wildman–Crippen MR) is 123 cm³/mol. The van der Waals surface area contributed by atoms with Crippen molar-refractivity contribution >= 4 is 17.5 Å². The van der Waals surface area contributed by atoms with Crippen LogP contribution >= 0.6 is 11.6 Å². The van der Waals surface area contributed by atoms with Gasteiger partial charge in [-0.25, -0.2) is 0 Å². The SMILES string of the molecule is COc1cc(C(=O)NC[C@H](c2ccco2)N2CCCC2)ccc1OCc1ccc(Cl)cc1. The van der Waals surface area contributed by atoms with E-state index in [0.717, 1.165) is 24.4 Å². The number of carbonyl (C=O) groups is 1. The number of amides is 1. The predicted octanol–water partition coefficient (Wildman–Crippen LogP) is 5.09. The summed E-state index contributed by atoms with van der Waals surface area (Å²) in [4.78, 5) is 15.2. The second-order valence-corrected chi connectivity index (χ2v) is 8.20. The third-order valence-corrected chi connectivity index (χ3v) is 5.89. The lowest BCUT2D eigenvalue weighted by Crippen LogP contribution is -2.36. The van der Waals surface area contributed by atoms with Crippen LogP contribution in [0.5, 0.6) is 11.5 Å². The monoisotopic (exact) mass is 454 g/mol. The number of rotatable bonds is 9. The van der Waals surface area contributed by atoms with Gasteiger partial charge in [0.2, 0.25) is 0 Å². The highest BCUT2D eigenvalue weighted by atomic mass is 35.5. The van der Waals surface area contributed by atoms with E-state index in [9.17, 15) is 4.79 Å². The van der Waals surface area contributed by atoms with E-state index in [0.29, 0.717) is 35.2 Å². The Morgan fingerprint density at radius 2 is 1.91 bits per heavy atom. The van der Waals surface area contributed by atoms with Crippen molar-refractivity contribution in [1.29, 1.82) is 0 Å². The number of hydrogen-bond acceptors (Lipinski definition) is 5. The molecule has 2 heterocycles. The van der Waals surface area contributed by atoms with Crippen molar-refractivity contribution in [2.24, 2.45) is 0 Å². The molecule has 1 aliphatic rings. The van der Waals surface area contributed by atoms with E-state index in [1.54, 1.807) is 31.6 Å². The van der Waals surface area contributed by atoms with Gasteiger partial charge in [-0.1, -0.05) is 23.7 Å². The fraction of sp³-hybridized carbons (Fsp3) is 0.320. The van der Waals surface area contributed by atoms with Crippen molar-refractivity contribution < 1.29 is 18.7 Å². The molecule has 0 saturated carbocycles. The maximum atomic E-state index is 12.9. The lowest BCUT2D eigenvalue weighted by molar-refractivity contribution is 0.0933. The number of ether oxygens (including phenoxy) is 2. The highest BCUT2D eigenvalue weighted by Crippen LogP contribution is 2.29. The van der Waals surface area contributed by atoms with Crippen LogP contribution in [0.3, 0.4) is 0 Å². The van der Waals surface area contributed by atoms with Crippen LogP contribution in [0.1, 0.15) is 40.6 Å². The molecule has 1 aromatic heterocycles. The zero-order valence-electron chi connectivity index (χ0n) is 18.1. The molecular weight excluding hydrogens is 428 g/mol. The summed E-state index contributed by atoms with van der Waals surface area (Å²) in [7, 11) is 1.56. The van der Waals surface area contributed by atoms with E-state index in [4.69, 9.17) is 25.5 Å². The van der Waals surface area contributed by atoms with Gasteiger partial charge >= 0.3 is 0 Å². The van der Waals surface area contributed by atoms with Gasteiger partial charge < -0.3 is 19.2 Å². The Kier molecular flexibility index (Phi) is 7.35. The van der Waals surface area contributed by atoms with Gasteiger partial charge in [-0.05, 0) is 74.0 Å². The van der Waals surface area contributed by atoms with Gasteiger partial charge in [0, 0.05) is 17.1 Å². The third kappa shape index (κ3) is 5.44. The number of methoxy groups -OCH3 is 1. The fourth-order valence-corrected chi connectivity index (χ4v) is 4.03. The van der Waals surface area contributed by atoms with Crippen molar-refractivity contribution in [3.8, 4) is 11.5 Å². The molecule has 1 amide bonds. The number of nitrogens with one attached hydrogen (secondary N) is 1. The van der Waals surface area contributed by atoms with Gasteiger partial charge in [0.1, 0.15) is 12.4 Å². The molecule has 0 bridgehead atoms. The summed E-state index contributed by atoms with van der Waals surface area (Å²) in [5.74, 6) is 1.79. The number of carbonyl (C=O) groups excluding carboxylic acids is 1. The minimum absolute atomic E-state index is 0.0281.